The van der Waals surface area contributed by atoms with E-state index >= 15 is 4.39 Å². The number of phenolic OH excluding ortho intramolecular Hbond substituents is 1. The predicted octanol–water partition coefficient (Wildman–Crippen LogP) is 3.28. The van der Waals surface area contributed by atoms with Crippen molar-refractivity contribution in [2.75, 3.05) is 24.7 Å². The van der Waals surface area contributed by atoms with Gasteiger partial charge in [-0.15, -0.1) is 6.42 Å². The van der Waals surface area contributed by atoms with Crippen LogP contribution in [0.2, 0.25) is 0 Å². The van der Waals surface area contributed by atoms with Crippen LogP contribution in [0.1, 0.15) is 5.56 Å². The van der Waals surface area contributed by atoms with Gasteiger partial charge in [0.15, 0.2) is 5.82 Å². The zero-order chi connectivity index (χ0) is 24.4. The highest BCUT2D eigenvalue weighted by Crippen LogP contribution is 2.44. The lowest BCUT2D eigenvalue weighted by Crippen LogP contribution is -2.33. The maximum absolute atomic E-state index is 15.9. The van der Waals surface area contributed by atoms with Gasteiger partial charge in [0.2, 0.25) is 0 Å². The van der Waals surface area contributed by atoms with Crippen molar-refractivity contribution in [3.05, 3.63) is 58.1 Å². The number of fused-ring (bicyclic) bond motifs is 3. The van der Waals surface area contributed by atoms with Crippen LogP contribution >= 0.6 is 0 Å². The molecule has 2 aliphatic rings. The van der Waals surface area contributed by atoms with Crippen LogP contribution in [-0.2, 0) is 4.74 Å². The van der Waals surface area contributed by atoms with Gasteiger partial charge in [0, 0.05) is 29.6 Å². The van der Waals surface area contributed by atoms with Crippen molar-refractivity contribution in [1.29, 1.82) is 0 Å². The Balaban J connectivity index is 1.60. The number of H-pyrrole nitrogens is 1. The van der Waals surface area contributed by atoms with Crippen LogP contribution in [0.5, 0.6) is 5.75 Å². The number of ether oxygens (including phenoxy) is 1. The Labute approximate surface area is 196 Å². The number of aromatic nitrogens is 3. The van der Waals surface area contributed by atoms with E-state index in [1.807, 2.05) is 0 Å². The number of phenols is 1. The number of alkyl halides is 1. The average molecular weight is 478 g/mol. The number of nitrogens with one attached hydrogen (secondary N) is 1. The number of aromatic hydroxyl groups is 1. The van der Waals surface area contributed by atoms with Gasteiger partial charge in [-0.1, -0.05) is 12.0 Å². The standard InChI is InChI=1S/C25H17F3N4O3/c1-2-13-17(26)4-3-11-7-12(33)8-14(18(11)13)21-20(28)22-15(9-29-21)24(31-25(34)30-22)32-5-6-35-10-16-19(27)23(16)32/h1,3-4,7-9,16,19,23,33H,5-6,10H2,(H,30,31,34)/t16-,19-,23-/m0/s1. The highest BCUT2D eigenvalue weighted by Gasteiger charge is 2.56. The number of anilines is 1. The van der Waals surface area contributed by atoms with Crippen LogP contribution in [0, 0.1) is 29.9 Å². The van der Waals surface area contributed by atoms with Gasteiger partial charge < -0.3 is 19.7 Å². The Morgan fingerprint density at radius 1 is 1.29 bits per heavy atom. The number of hydrogen-bond acceptors (Lipinski definition) is 6. The van der Waals surface area contributed by atoms with Crippen LogP contribution in [0.4, 0.5) is 19.0 Å². The fourth-order valence-electron chi connectivity index (χ4n) is 4.92. The molecule has 2 fully saturated rings. The lowest BCUT2D eigenvalue weighted by molar-refractivity contribution is 0.131. The second kappa shape index (κ2) is 7.71. The summed E-state index contributed by atoms with van der Waals surface area (Å²) in [5.41, 5.74) is -1.32. The molecule has 7 nitrogen and oxygen atoms in total. The average Bonchev–Trinajstić information content (AvgIpc) is 3.53. The third-order valence-corrected chi connectivity index (χ3v) is 6.60. The first-order valence-corrected chi connectivity index (χ1v) is 10.9. The van der Waals surface area contributed by atoms with E-state index in [9.17, 15) is 18.7 Å². The van der Waals surface area contributed by atoms with Gasteiger partial charge in [0.05, 0.1) is 35.7 Å². The number of rotatable bonds is 2. The largest absolute Gasteiger partial charge is 0.508 e. The predicted molar refractivity (Wildman–Crippen MR) is 123 cm³/mol. The molecule has 10 heteroatoms. The van der Waals surface area contributed by atoms with E-state index in [0.717, 1.165) is 6.07 Å². The van der Waals surface area contributed by atoms with Crippen molar-refractivity contribution in [2.45, 2.75) is 12.2 Å². The molecule has 4 aromatic rings. The zero-order valence-electron chi connectivity index (χ0n) is 18.1. The summed E-state index contributed by atoms with van der Waals surface area (Å²) in [6.45, 7) is 0.844. The molecule has 1 saturated carbocycles. The molecule has 3 atom stereocenters. The maximum Gasteiger partial charge on any atom is 0.347 e. The molecule has 0 bridgehead atoms. The van der Waals surface area contributed by atoms with Gasteiger partial charge >= 0.3 is 5.69 Å². The molecule has 0 radical (unpaired) electrons. The summed E-state index contributed by atoms with van der Waals surface area (Å²) in [4.78, 5) is 24.7. The number of nitrogens with zero attached hydrogens (tertiary/aromatic N) is 3. The summed E-state index contributed by atoms with van der Waals surface area (Å²) in [6, 6.07) is 4.67. The van der Waals surface area contributed by atoms with Crippen LogP contribution < -0.4 is 10.6 Å². The molecule has 35 heavy (non-hydrogen) atoms. The molecular formula is C25H17F3N4O3. The van der Waals surface area contributed by atoms with E-state index in [1.54, 1.807) is 4.90 Å². The number of aromatic amines is 1. The smallest absolute Gasteiger partial charge is 0.347 e. The monoisotopic (exact) mass is 478 g/mol. The molecular weight excluding hydrogens is 461 g/mol. The van der Waals surface area contributed by atoms with Crippen LogP contribution in [0.3, 0.4) is 0 Å². The number of terminal acetylenes is 1. The molecule has 1 aliphatic heterocycles. The molecule has 6 rings (SSSR count). The molecule has 2 N–H and O–H groups in total. The number of hydrogen-bond donors (Lipinski definition) is 2. The van der Waals surface area contributed by atoms with Crippen molar-refractivity contribution in [2.24, 2.45) is 5.92 Å². The third-order valence-electron chi connectivity index (χ3n) is 6.60. The van der Waals surface area contributed by atoms with E-state index < -0.39 is 29.5 Å². The molecule has 1 saturated heterocycles. The van der Waals surface area contributed by atoms with Gasteiger partial charge in [-0.05, 0) is 23.6 Å². The fraction of sp³-hybridized carbons (Fsp3) is 0.240. The van der Waals surface area contributed by atoms with Gasteiger partial charge in [0.1, 0.15) is 29.3 Å². The van der Waals surface area contributed by atoms with E-state index in [4.69, 9.17) is 11.2 Å². The molecule has 1 aliphatic carbocycles. The topological polar surface area (TPSA) is 91.3 Å². The molecule has 0 amide bonds. The van der Waals surface area contributed by atoms with Crippen molar-refractivity contribution < 1.29 is 23.0 Å². The summed E-state index contributed by atoms with van der Waals surface area (Å²) in [5.74, 6) is 0.234. The Kier molecular flexibility index (Phi) is 4.72. The quantitative estimate of drug-likeness (QED) is 0.430. The summed E-state index contributed by atoms with van der Waals surface area (Å²) in [6.07, 6.45) is 5.70. The first kappa shape index (κ1) is 21.4. The minimum Gasteiger partial charge on any atom is -0.508 e. The summed E-state index contributed by atoms with van der Waals surface area (Å²) in [5, 5.41) is 11.0. The first-order chi connectivity index (χ1) is 16.9. The summed E-state index contributed by atoms with van der Waals surface area (Å²) < 4.78 is 50.2. The molecule has 2 aromatic heterocycles. The second-order valence-corrected chi connectivity index (χ2v) is 8.60. The lowest BCUT2D eigenvalue weighted by atomic mass is 9.96. The number of halogens is 3. The Morgan fingerprint density at radius 2 is 2.11 bits per heavy atom. The normalized spacial score (nSPS) is 21.5. The molecule has 176 valence electrons. The van der Waals surface area contributed by atoms with E-state index in [1.165, 1.54) is 24.4 Å². The molecule has 0 unspecified atom stereocenters. The number of pyridine rings is 1. The first-order valence-electron chi connectivity index (χ1n) is 10.9. The molecule has 3 heterocycles. The van der Waals surface area contributed by atoms with E-state index in [0.29, 0.717) is 12.0 Å². The van der Waals surface area contributed by atoms with Crippen molar-refractivity contribution >= 4 is 27.5 Å². The van der Waals surface area contributed by atoms with Crippen molar-refractivity contribution in [3.63, 3.8) is 0 Å². The number of benzene rings is 2. The highest BCUT2D eigenvalue weighted by molar-refractivity contribution is 6.02. The summed E-state index contributed by atoms with van der Waals surface area (Å²) in [7, 11) is 0. The zero-order valence-corrected chi connectivity index (χ0v) is 18.1. The highest BCUT2D eigenvalue weighted by atomic mass is 19.1. The fourth-order valence-corrected chi connectivity index (χ4v) is 4.92. The van der Waals surface area contributed by atoms with Gasteiger partial charge in [-0.3, -0.25) is 4.98 Å². The van der Waals surface area contributed by atoms with Crippen molar-refractivity contribution in [1.82, 2.24) is 15.0 Å². The van der Waals surface area contributed by atoms with E-state index in [2.05, 4.69) is 20.9 Å². The Hall–Kier alpha value is -4.10. The third kappa shape index (κ3) is 3.23. The van der Waals surface area contributed by atoms with Crippen LogP contribution in [0.25, 0.3) is 32.9 Å². The van der Waals surface area contributed by atoms with Crippen LogP contribution in [0.15, 0.2) is 35.3 Å². The molecule has 0 spiro atoms. The van der Waals surface area contributed by atoms with Gasteiger partial charge in [0.25, 0.3) is 0 Å². The Morgan fingerprint density at radius 3 is 2.91 bits per heavy atom. The Bertz CT molecular complexity index is 1630. The van der Waals surface area contributed by atoms with Gasteiger partial charge in [-0.2, -0.15) is 4.98 Å². The second-order valence-electron chi connectivity index (χ2n) is 8.60. The van der Waals surface area contributed by atoms with E-state index in [-0.39, 0.29) is 63.7 Å². The minimum atomic E-state index is -1.14. The lowest BCUT2D eigenvalue weighted by Gasteiger charge is -2.23. The van der Waals surface area contributed by atoms with Gasteiger partial charge in [-0.25, -0.2) is 18.0 Å². The maximum atomic E-state index is 15.9. The summed E-state index contributed by atoms with van der Waals surface area (Å²) >= 11 is 0. The van der Waals surface area contributed by atoms with Crippen LogP contribution in [-0.4, -0.2) is 52.0 Å². The minimum absolute atomic E-state index is 0.0558. The van der Waals surface area contributed by atoms with Crippen molar-refractivity contribution in [3.8, 4) is 29.4 Å². The SMILES string of the molecule is C#Cc1c(F)ccc2cc(O)cc(-c3ncc4c(N5CCOC[C@H]6[C@H](F)[C@H]65)nc(=O)[nH]c4c3F)c12. The molecule has 2 aromatic carbocycles.